The number of nitrogens with zero attached hydrogens (tertiary/aromatic N) is 1. The van der Waals surface area contributed by atoms with Crippen LogP contribution in [0.15, 0.2) is 4.99 Å². The van der Waals surface area contributed by atoms with Gasteiger partial charge in [0.25, 0.3) is 0 Å². The number of carbonyl (C=O) groups is 1. The molecule has 2 rings (SSSR count). The molecule has 0 saturated heterocycles. The topological polar surface area (TPSA) is 67.5 Å². The third kappa shape index (κ3) is 2.94. The van der Waals surface area contributed by atoms with Gasteiger partial charge in [0.05, 0.1) is 6.04 Å². The number of amidine groups is 1. The molecule has 1 fully saturated rings. The molecule has 4 nitrogen and oxygen atoms in total. The first kappa shape index (κ1) is 12.7. The van der Waals surface area contributed by atoms with E-state index in [1.807, 2.05) is 0 Å². The van der Waals surface area contributed by atoms with Gasteiger partial charge in [0, 0.05) is 5.75 Å². The number of hydrogen-bond donors (Lipinski definition) is 2. The number of thioether (sulfide) groups is 1. The normalized spacial score (nSPS) is 29.2. The Balaban J connectivity index is 2.03. The molecule has 17 heavy (non-hydrogen) atoms. The molecule has 1 amide bonds. The second-order valence-electron chi connectivity index (χ2n) is 5.47. The van der Waals surface area contributed by atoms with Gasteiger partial charge in [-0.05, 0) is 32.6 Å². The van der Waals surface area contributed by atoms with E-state index >= 15 is 0 Å². The van der Waals surface area contributed by atoms with Crippen molar-refractivity contribution in [3.05, 3.63) is 0 Å². The molecule has 2 aliphatic rings. The lowest BCUT2D eigenvalue weighted by Gasteiger charge is -2.34. The van der Waals surface area contributed by atoms with E-state index in [4.69, 9.17) is 10.7 Å². The van der Waals surface area contributed by atoms with Gasteiger partial charge in [0.2, 0.25) is 5.91 Å². The SMILES string of the molecule is CC(C)(NC1=NC2CCCCC2CS1)C(N)=O. The minimum Gasteiger partial charge on any atom is -0.368 e. The van der Waals surface area contributed by atoms with Crippen molar-refractivity contribution < 1.29 is 4.79 Å². The minimum atomic E-state index is -0.715. The highest BCUT2D eigenvalue weighted by Gasteiger charge is 2.32. The summed E-state index contributed by atoms with van der Waals surface area (Å²) in [5, 5.41) is 4.05. The van der Waals surface area contributed by atoms with E-state index in [1.165, 1.54) is 25.7 Å². The number of primary amides is 1. The predicted molar refractivity (Wildman–Crippen MR) is 72.0 cm³/mol. The molecule has 1 aliphatic carbocycles. The van der Waals surface area contributed by atoms with Crippen molar-refractivity contribution >= 4 is 22.8 Å². The van der Waals surface area contributed by atoms with Gasteiger partial charge in [-0.3, -0.25) is 9.79 Å². The average molecular weight is 255 g/mol. The van der Waals surface area contributed by atoms with E-state index in [9.17, 15) is 4.79 Å². The number of fused-ring (bicyclic) bond motifs is 1. The second-order valence-corrected chi connectivity index (χ2v) is 6.48. The summed E-state index contributed by atoms with van der Waals surface area (Å²) in [6.07, 6.45) is 5.11. The standard InChI is InChI=1S/C12H21N3OS/c1-12(2,10(13)16)15-11-14-9-6-4-3-5-8(9)7-17-11/h8-9H,3-7H2,1-2H3,(H2,13,16)(H,14,15). The number of nitrogens with one attached hydrogen (secondary N) is 1. The Morgan fingerprint density at radius 1 is 1.47 bits per heavy atom. The van der Waals surface area contributed by atoms with E-state index in [2.05, 4.69) is 5.32 Å². The summed E-state index contributed by atoms with van der Waals surface area (Å²) in [6, 6.07) is 0.455. The molecule has 0 aromatic carbocycles. The zero-order valence-electron chi connectivity index (χ0n) is 10.5. The largest absolute Gasteiger partial charge is 0.368 e. The van der Waals surface area contributed by atoms with Crippen LogP contribution in [0.3, 0.4) is 0 Å². The smallest absolute Gasteiger partial charge is 0.242 e. The fourth-order valence-corrected chi connectivity index (χ4v) is 3.62. The van der Waals surface area contributed by atoms with E-state index in [-0.39, 0.29) is 5.91 Å². The first-order valence-electron chi connectivity index (χ1n) is 6.28. The van der Waals surface area contributed by atoms with Gasteiger partial charge in [0.15, 0.2) is 5.17 Å². The summed E-state index contributed by atoms with van der Waals surface area (Å²) < 4.78 is 0. The van der Waals surface area contributed by atoms with Gasteiger partial charge < -0.3 is 11.1 Å². The van der Waals surface area contributed by atoms with Crippen molar-refractivity contribution in [2.24, 2.45) is 16.6 Å². The molecule has 1 saturated carbocycles. The van der Waals surface area contributed by atoms with Crippen LogP contribution in [0.5, 0.6) is 0 Å². The van der Waals surface area contributed by atoms with Crippen LogP contribution in [0.1, 0.15) is 39.5 Å². The van der Waals surface area contributed by atoms with E-state index < -0.39 is 5.54 Å². The highest BCUT2D eigenvalue weighted by atomic mass is 32.2. The van der Waals surface area contributed by atoms with Crippen LogP contribution in [-0.2, 0) is 4.79 Å². The van der Waals surface area contributed by atoms with Gasteiger partial charge >= 0.3 is 0 Å². The molecule has 0 radical (unpaired) electrons. The van der Waals surface area contributed by atoms with Crippen LogP contribution in [0.2, 0.25) is 0 Å². The molecule has 0 bridgehead atoms. The lowest BCUT2D eigenvalue weighted by Crippen LogP contribution is -2.53. The summed E-state index contributed by atoms with van der Waals surface area (Å²) in [5.74, 6) is 1.51. The van der Waals surface area contributed by atoms with E-state index in [0.717, 1.165) is 16.8 Å². The molecule has 0 aromatic heterocycles. The number of hydrogen-bond acceptors (Lipinski definition) is 4. The van der Waals surface area contributed by atoms with Crippen LogP contribution in [0.4, 0.5) is 0 Å². The summed E-state index contributed by atoms with van der Waals surface area (Å²) in [4.78, 5) is 16.0. The van der Waals surface area contributed by atoms with Crippen molar-refractivity contribution in [3.63, 3.8) is 0 Å². The second kappa shape index (κ2) is 4.88. The fraction of sp³-hybridized carbons (Fsp3) is 0.833. The first-order chi connectivity index (χ1) is 7.99. The molecule has 0 aromatic rings. The Morgan fingerprint density at radius 3 is 2.88 bits per heavy atom. The van der Waals surface area contributed by atoms with E-state index in [0.29, 0.717) is 6.04 Å². The minimum absolute atomic E-state index is 0.341. The monoisotopic (exact) mass is 255 g/mol. The van der Waals surface area contributed by atoms with Crippen molar-refractivity contribution in [1.29, 1.82) is 0 Å². The lowest BCUT2D eigenvalue weighted by atomic mass is 9.86. The predicted octanol–water partition coefficient (Wildman–Crippen LogP) is 1.50. The first-order valence-corrected chi connectivity index (χ1v) is 7.26. The number of aliphatic imine (C=N–C) groups is 1. The Hall–Kier alpha value is -0.710. The summed E-state index contributed by atoms with van der Waals surface area (Å²) in [5.41, 5.74) is 4.64. The molecule has 96 valence electrons. The highest BCUT2D eigenvalue weighted by molar-refractivity contribution is 8.13. The van der Waals surface area contributed by atoms with Gasteiger partial charge in [-0.2, -0.15) is 0 Å². The molecule has 1 heterocycles. The molecule has 2 atom stereocenters. The molecular weight excluding hydrogens is 234 g/mol. The van der Waals surface area contributed by atoms with Gasteiger partial charge in [-0.15, -0.1) is 0 Å². The highest BCUT2D eigenvalue weighted by Crippen LogP contribution is 2.33. The molecule has 5 heteroatoms. The summed E-state index contributed by atoms with van der Waals surface area (Å²) in [7, 11) is 0. The number of nitrogens with two attached hydrogens (primary N) is 1. The van der Waals surface area contributed by atoms with Gasteiger partial charge in [0.1, 0.15) is 5.54 Å². The zero-order chi connectivity index (χ0) is 12.5. The van der Waals surface area contributed by atoms with Crippen molar-refractivity contribution in [2.75, 3.05) is 5.75 Å². The summed E-state index contributed by atoms with van der Waals surface area (Å²) >= 11 is 1.72. The maximum Gasteiger partial charge on any atom is 0.242 e. The molecule has 2 unspecified atom stereocenters. The Bertz CT molecular complexity index is 341. The maximum absolute atomic E-state index is 11.3. The molecular formula is C12H21N3OS. The molecule has 0 spiro atoms. The Labute approximate surface area is 107 Å². The fourth-order valence-electron chi connectivity index (χ4n) is 2.32. The average Bonchev–Trinajstić information content (AvgIpc) is 2.28. The number of amides is 1. The van der Waals surface area contributed by atoms with Crippen LogP contribution in [0.25, 0.3) is 0 Å². The van der Waals surface area contributed by atoms with Crippen LogP contribution in [0, 0.1) is 5.92 Å². The van der Waals surface area contributed by atoms with Gasteiger partial charge in [-0.1, -0.05) is 24.6 Å². The third-order valence-electron chi connectivity index (χ3n) is 3.62. The van der Waals surface area contributed by atoms with Crippen molar-refractivity contribution in [1.82, 2.24) is 5.32 Å². The van der Waals surface area contributed by atoms with Crippen LogP contribution < -0.4 is 11.1 Å². The van der Waals surface area contributed by atoms with Crippen molar-refractivity contribution in [2.45, 2.75) is 51.1 Å². The molecule has 1 aliphatic heterocycles. The third-order valence-corrected chi connectivity index (χ3v) is 4.70. The maximum atomic E-state index is 11.3. The quantitative estimate of drug-likeness (QED) is 0.786. The van der Waals surface area contributed by atoms with Gasteiger partial charge in [-0.25, -0.2) is 0 Å². The Kier molecular flexibility index (Phi) is 3.66. The van der Waals surface area contributed by atoms with Crippen LogP contribution in [-0.4, -0.2) is 28.4 Å². The number of rotatable bonds is 2. The van der Waals surface area contributed by atoms with E-state index in [1.54, 1.807) is 25.6 Å². The molecule has 3 N–H and O–H groups in total. The van der Waals surface area contributed by atoms with Crippen molar-refractivity contribution in [3.8, 4) is 0 Å². The lowest BCUT2D eigenvalue weighted by molar-refractivity contribution is -0.122. The number of carbonyl (C=O) groups excluding carboxylic acids is 1. The van der Waals surface area contributed by atoms with Crippen LogP contribution >= 0.6 is 11.8 Å². The Morgan fingerprint density at radius 2 is 2.18 bits per heavy atom. The zero-order valence-corrected chi connectivity index (χ0v) is 11.3. The summed E-state index contributed by atoms with van der Waals surface area (Å²) in [6.45, 7) is 3.59.